The fourth-order valence-electron chi connectivity index (χ4n) is 2.83. The van der Waals surface area contributed by atoms with Crippen LogP contribution >= 0.6 is 0 Å². The van der Waals surface area contributed by atoms with E-state index in [0.717, 1.165) is 5.56 Å². The molecule has 146 valence electrons. The summed E-state index contributed by atoms with van der Waals surface area (Å²) in [6.45, 7) is 5.92. The summed E-state index contributed by atoms with van der Waals surface area (Å²) >= 11 is 0. The second kappa shape index (κ2) is 7.89. The molecule has 1 aliphatic heterocycles. The zero-order valence-electron chi connectivity index (χ0n) is 15.0. The number of rotatable bonds is 5. The number of benzene rings is 1. The first-order valence-electron chi connectivity index (χ1n) is 8.35. The molecular formula is C18H26O8. The number of carboxylic acids is 1. The predicted molar refractivity (Wildman–Crippen MR) is 90.5 cm³/mol. The molecule has 2 rings (SSSR count). The predicted octanol–water partition coefficient (Wildman–Crippen LogP) is 0.0385. The van der Waals surface area contributed by atoms with E-state index in [1.807, 2.05) is 20.8 Å². The van der Waals surface area contributed by atoms with Crippen molar-refractivity contribution >= 4 is 5.97 Å². The third kappa shape index (κ3) is 4.72. The molecular weight excluding hydrogens is 344 g/mol. The van der Waals surface area contributed by atoms with E-state index in [1.54, 1.807) is 18.2 Å². The summed E-state index contributed by atoms with van der Waals surface area (Å²) in [5, 5.41) is 48.2. The van der Waals surface area contributed by atoms with Gasteiger partial charge in [0.15, 0.2) is 6.10 Å². The lowest BCUT2D eigenvalue weighted by atomic mass is 9.87. The first kappa shape index (κ1) is 20.6. The number of ether oxygens (including phenoxy) is 2. The van der Waals surface area contributed by atoms with Crippen molar-refractivity contribution in [2.45, 2.75) is 64.5 Å². The van der Waals surface area contributed by atoms with Gasteiger partial charge in [-0.05, 0) is 35.1 Å². The van der Waals surface area contributed by atoms with Gasteiger partial charge in [0.25, 0.3) is 0 Å². The van der Waals surface area contributed by atoms with E-state index >= 15 is 0 Å². The molecule has 1 heterocycles. The van der Waals surface area contributed by atoms with E-state index in [0.29, 0.717) is 17.7 Å². The van der Waals surface area contributed by atoms with Crippen molar-refractivity contribution in [2.75, 3.05) is 0 Å². The zero-order chi connectivity index (χ0) is 19.6. The number of carboxylic acid groups (broad SMARTS) is 1. The summed E-state index contributed by atoms with van der Waals surface area (Å²) in [6.07, 6.45) is -7.72. The van der Waals surface area contributed by atoms with E-state index in [-0.39, 0.29) is 12.0 Å². The normalized spacial score (nSPS) is 29.4. The first-order valence-corrected chi connectivity index (χ1v) is 8.35. The monoisotopic (exact) mass is 370 g/mol. The van der Waals surface area contributed by atoms with Crippen LogP contribution in [-0.4, -0.2) is 62.2 Å². The third-order valence-corrected chi connectivity index (χ3v) is 4.08. The largest absolute Gasteiger partial charge is 0.479 e. The summed E-state index contributed by atoms with van der Waals surface area (Å²) < 4.78 is 10.8. The maximum atomic E-state index is 11.2. The minimum atomic E-state index is -1.77. The van der Waals surface area contributed by atoms with Crippen LogP contribution in [0.1, 0.15) is 31.9 Å². The van der Waals surface area contributed by atoms with Crippen LogP contribution in [0.2, 0.25) is 0 Å². The van der Waals surface area contributed by atoms with Gasteiger partial charge in [-0.3, -0.25) is 0 Å². The molecule has 0 amide bonds. The van der Waals surface area contributed by atoms with Crippen molar-refractivity contribution < 1.29 is 39.8 Å². The van der Waals surface area contributed by atoms with Gasteiger partial charge >= 0.3 is 5.97 Å². The molecule has 5 unspecified atom stereocenters. The molecule has 0 bridgehead atoms. The Morgan fingerprint density at radius 1 is 1.15 bits per heavy atom. The lowest BCUT2D eigenvalue weighted by molar-refractivity contribution is -0.271. The highest BCUT2D eigenvalue weighted by Crippen LogP contribution is 2.31. The molecule has 26 heavy (non-hydrogen) atoms. The fourth-order valence-corrected chi connectivity index (χ4v) is 2.83. The zero-order valence-corrected chi connectivity index (χ0v) is 15.0. The number of aliphatic hydroxyl groups excluding tert-OH is 4. The molecule has 5 atom stereocenters. The molecule has 0 saturated carbocycles. The molecule has 1 saturated heterocycles. The Bertz CT molecular complexity index is 639. The van der Waals surface area contributed by atoms with Crippen molar-refractivity contribution in [2.24, 2.45) is 5.41 Å². The van der Waals surface area contributed by atoms with Gasteiger partial charge in [0.2, 0.25) is 6.29 Å². The standard InChI is InChI=1S/C18H26O8/c1-18(2,3)7-10-6-9(8-19)4-5-11(10)25-17-14(22)12(20)13(21)15(26-17)16(23)24/h4-6,12-15,17,19-22H,7-8H2,1-3H3,(H,23,24). The van der Waals surface area contributed by atoms with Crippen LogP contribution in [0.3, 0.4) is 0 Å². The van der Waals surface area contributed by atoms with Crippen LogP contribution in [0, 0.1) is 5.41 Å². The van der Waals surface area contributed by atoms with Crippen LogP contribution in [-0.2, 0) is 22.6 Å². The van der Waals surface area contributed by atoms with E-state index in [4.69, 9.17) is 14.6 Å². The molecule has 1 fully saturated rings. The second-order valence-corrected chi connectivity index (χ2v) is 7.69. The molecule has 5 N–H and O–H groups in total. The first-order chi connectivity index (χ1) is 12.0. The summed E-state index contributed by atoms with van der Waals surface area (Å²) in [5.74, 6) is -1.13. The molecule has 1 aromatic carbocycles. The average Bonchev–Trinajstić information content (AvgIpc) is 2.54. The van der Waals surface area contributed by atoms with Gasteiger partial charge in [-0.15, -0.1) is 0 Å². The average molecular weight is 370 g/mol. The number of hydrogen-bond acceptors (Lipinski definition) is 7. The summed E-state index contributed by atoms with van der Waals surface area (Å²) in [6, 6.07) is 4.99. The van der Waals surface area contributed by atoms with E-state index in [2.05, 4.69) is 0 Å². The van der Waals surface area contributed by atoms with Gasteiger partial charge in [0.1, 0.15) is 24.1 Å². The minimum Gasteiger partial charge on any atom is -0.479 e. The van der Waals surface area contributed by atoms with E-state index in [9.17, 15) is 25.2 Å². The van der Waals surface area contributed by atoms with Crippen LogP contribution in [0.15, 0.2) is 18.2 Å². The molecule has 0 aliphatic carbocycles. The van der Waals surface area contributed by atoms with Gasteiger partial charge in [0.05, 0.1) is 6.61 Å². The quantitative estimate of drug-likeness (QED) is 0.490. The Morgan fingerprint density at radius 3 is 2.35 bits per heavy atom. The maximum absolute atomic E-state index is 11.2. The molecule has 1 aliphatic rings. The van der Waals surface area contributed by atoms with Gasteiger partial charge in [-0.1, -0.05) is 26.8 Å². The molecule has 0 spiro atoms. The van der Waals surface area contributed by atoms with E-state index in [1.165, 1.54) is 0 Å². The molecule has 0 aromatic heterocycles. The number of hydrogen-bond donors (Lipinski definition) is 5. The van der Waals surface area contributed by atoms with Gasteiger partial charge in [-0.25, -0.2) is 4.79 Å². The molecule has 0 radical (unpaired) electrons. The molecule has 8 nitrogen and oxygen atoms in total. The van der Waals surface area contributed by atoms with Crippen LogP contribution < -0.4 is 4.74 Å². The lowest BCUT2D eigenvalue weighted by Crippen LogP contribution is -2.61. The fraction of sp³-hybridized carbons (Fsp3) is 0.611. The van der Waals surface area contributed by atoms with Crippen LogP contribution in [0.4, 0.5) is 0 Å². The molecule has 8 heteroatoms. The van der Waals surface area contributed by atoms with Gasteiger partial charge < -0.3 is 35.0 Å². The van der Waals surface area contributed by atoms with Crippen LogP contribution in [0.25, 0.3) is 0 Å². The van der Waals surface area contributed by atoms with Gasteiger partial charge in [-0.2, -0.15) is 0 Å². The van der Waals surface area contributed by atoms with Crippen molar-refractivity contribution in [3.63, 3.8) is 0 Å². The Morgan fingerprint density at radius 2 is 1.81 bits per heavy atom. The van der Waals surface area contributed by atoms with Crippen molar-refractivity contribution in [3.8, 4) is 5.75 Å². The van der Waals surface area contributed by atoms with Crippen molar-refractivity contribution in [3.05, 3.63) is 29.3 Å². The smallest absolute Gasteiger partial charge is 0.335 e. The minimum absolute atomic E-state index is 0.0997. The lowest BCUT2D eigenvalue weighted by Gasteiger charge is -2.38. The highest BCUT2D eigenvalue weighted by atomic mass is 16.7. The Kier molecular flexibility index (Phi) is 6.25. The SMILES string of the molecule is CC(C)(C)Cc1cc(CO)ccc1OC1OC(C(=O)O)C(O)C(O)C1O. The van der Waals surface area contributed by atoms with Crippen molar-refractivity contribution in [1.29, 1.82) is 0 Å². The Hall–Kier alpha value is -1.71. The van der Waals surface area contributed by atoms with E-state index < -0.39 is 36.7 Å². The van der Waals surface area contributed by atoms with Crippen molar-refractivity contribution in [1.82, 2.24) is 0 Å². The highest BCUT2D eigenvalue weighted by molar-refractivity contribution is 5.73. The number of aliphatic carboxylic acids is 1. The Labute approximate surface area is 151 Å². The topological polar surface area (TPSA) is 137 Å². The number of carbonyl (C=O) groups is 1. The maximum Gasteiger partial charge on any atom is 0.335 e. The summed E-state index contributed by atoms with van der Waals surface area (Å²) in [5.41, 5.74) is 1.32. The Balaban J connectivity index is 2.29. The van der Waals surface area contributed by atoms with Gasteiger partial charge in [0, 0.05) is 0 Å². The number of aliphatic hydroxyl groups is 4. The summed E-state index contributed by atoms with van der Waals surface area (Å²) in [4.78, 5) is 11.2. The third-order valence-electron chi connectivity index (χ3n) is 4.08. The van der Waals surface area contributed by atoms with Crippen LogP contribution in [0.5, 0.6) is 5.75 Å². The summed E-state index contributed by atoms with van der Waals surface area (Å²) in [7, 11) is 0. The highest BCUT2D eigenvalue weighted by Gasteiger charge is 2.48. The molecule has 1 aromatic rings. The second-order valence-electron chi connectivity index (χ2n) is 7.69.